The number of piperazine rings is 1. The molecule has 2 saturated heterocycles. The number of hydrogen-bond acceptors (Lipinski definition) is 5. The maximum Gasteiger partial charge on any atom is 0.254 e. The van der Waals surface area contributed by atoms with Crippen LogP contribution < -0.4 is 0 Å². The Morgan fingerprint density at radius 1 is 0.659 bits per heavy atom. The maximum atomic E-state index is 13.8. The second-order valence-corrected chi connectivity index (χ2v) is 11.7. The summed E-state index contributed by atoms with van der Waals surface area (Å²) in [4.78, 5) is 38.2. The van der Waals surface area contributed by atoms with Gasteiger partial charge in [0, 0.05) is 67.9 Å². The Kier molecular flexibility index (Phi) is 8.44. The molecule has 3 aromatic rings. The second kappa shape index (κ2) is 12.5. The molecular weight excluding hydrogens is 512 g/mol. The van der Waals surface area contributed by atoms with Gasteiger partial charge in [-0.25, -0.2) is 4.98 Å². The van der Waals surface area contributed by atoms with Crippen molar-refractivity contribution in [2.24, 2.45) is 5.92 Å². The maximum absolute atomic E-state index is 13.8. The Morgan fingerprint density at radius 2 is 1.20 bits per heavy atom. The van der Waals surface area contributed by atoms with Gasteiger partial charge in [0.05, 0.1) is 17.5 Å². The smallest absolute Gasteiger partial charge is 0.254 e. The van der Waals surface area contributed by atoms with Crippen molar-refractivity contribution >= 4 is 11.8 Å². The number of benzene rings is 2. The Labute approximate surface area is 242 Å². The monoisotopic (exact) mass is 552 g/mol. The van der Waals surface area contributed by atoms with Crippen molar-refractivity contribution in [3.63, 3.8) is 0 Å². The van der Waals surface area contributed by atoms with Gasteiger partial charge in [-0.2, -0.15) is 0 Å². The summed E-state index contributed by atoms with van der Waals surface area (Å²) in [6.45, 7) is 4.73. The van der Waals surface area contributed by atoms with E-state index in [4.69, 9.17) is 4.98 Å². The molecule has 0 bridgehead atoms. The summed E-state index contributed by atoms with van der Waals surface area (Å²) in [7, 11) is 0. The summed E-state index contributed by atoms with van der Waals surface area (Å²) < 4.78 is 0. The standard InChI is InChI=1S/C34H40N4O3/c39-30-13-11-27(12-14-30)33(40)37-17-15-29(16-18-37)36-19-21-38(22-20-36)34(41)28-23-31(25-7-3-1-4-8-25)35-32(24-28)26-9-5-2-6-10-26/h1-10,23-24,27,29-30,39H,11-22H2. The molecule has 214 valence electrons. The molecule has 0 unspecified atom stereocenters. The number of amides is 2. The van der Waals surface area contributed by atoms with Gasteiger partial charge >= 0.3 is 0 Å². The van der Waals surface area contributed by atoms with E-state index in [9.17, 15) is 14.7 Å². The molecule has 7 heteroatoms. The Morgan fingerprint density at radius 3 is 1.73 bits per heavy atom. The number of aromatic nitrogens is 1. The van der Waals surface area contributed by atoms with Crippen LogP contribution in [-0.2, 0) is 4.79 Å². The average molecular weight is 553 g/mol. The highest BCUT2D eigenvalue weighted by atomic mass is 16.3. The van der Waals surface area contributed by atoms with Gasteiger partial charge in [-0.05, 0) is 50.7 Å². The molecule has 1 aliphatic carbocycles. The van der Waals surface area contributed by atoms with Crippen molar-refractivity contribution in [2.75, 3.05) is 39.3 Å². The van der Waals surface area contributed by atoms with Gasteiger partial charge in [-0.15, -0.1) is 0 Å². The Balaban J connectivity index is 1.08. The van der Waals surface area contributed by atoms with Gasteiger partial charge in [-0.3, -0.25) is 14.5 Å². The summed E-state index contributed by atoms with van der Waals surface area (Å²) in [5.74, 6) is 0.426. The summed E-state index contributed by atoms with van der Waals surface area (Å²) >= 11 is 0. The minimum atomic E-state index is -0.231. The highest BCUT2D eigenvalue weighted by molar-refractivity contribution is 5.96. The lowest BCUT2D eigenvalue weighted by Gasteiger charge is -2.43. The number of aliphatic hydroxyl groups is 1. The van der Waals surface area contributed by atoms with Crippen LogP contribution >= 0.6 is 0 Å². The molecule has 3 aliphatic rings. The van der Waals surface area contributed by atoms with Crippen molar-refractivity contribution in [1.29, 1.82) is 0 Å². The topological polar surface area (TPSA) is 77.0 Å². The fraction of sp³-hybridized carbons (Fsp3) is 0.441. The first-order chi connectivity index (χ1) is 20.0. The molecule has 2 aromatic carbocycles. The lowest BCUT2D eigenvalue weighted by Crippen LogP contribution is -2.55. The number of piperidine rings is 1. The summed E-state index contributed by atoms with van der Waals surface area (Å²) in [6.07, 6.45) is 4.86. The number of pyridine rings is 1. The van der Waals surface area contributed by atoms with Crippen LogP contribution in [0.4, 0.5) is 0 Å². The predicted molar refractivity (Wildman–Crippen MR) is 160 cm³/mol. The minimum Gasteiger partial charge on any atom is -0.393 e. The zero-order valence-corrected chi connectivity index (χ0v) is 23.7. The fourth-order valence-electron chi connectivity index (χ4n) is 6.67. The van der Waals surface area contributed by atoms with Crippen molar-refractivity contribution < 1.29 is 14.7 Å². The van der Waals surface area contributed by atoms with E-state index in [2.05, 4.69) is 9.80 Å². The van der Waals surface area contributed by atoms with Crippen LogP contribution in [0.25, 0.3) is 22.5 Å². The van der Waals surface area contributed by atoms with Gasteiger partial charge < -0.3 is 14.9 Å². The molecule has 0 spiro atoms. The van der Waals surface area contributed by atoms with E-state index in [1.54, 1.807) is 0 Å². The molecule has 3 heterocycles. The van der Waals surface area contributed by atoms with E-state index in [0.29, 0.717) is 24.7 Å². The molecule has 0 radical (unpaired) electrons. The van der Waals surface area contributed by atoms with Crippen LogP contribution in [0.3, 0.4) is 0 Å². The van der Waals surface area contributed by atoms with Gasteiger partial charge in [-0.1, -0.05) is 60.7 Å². The number of likely N-dealkylation sites (tertiary alicyclic amines) is 1. The van der Waals surface area contributed by atoms with E-state index < -0.39 is 0 Å². The molecule has 1 saturated carbocycles. The molecule has 0 atom stereocenters. The van der Waals surface area contributed by atoms with E-state index in [1.807, 2.05) is 77.7 Å². The fourth-order valence-corrected chi connectivity index (χ4v) is 6.67. The lowest BCUT2D eigenvalue weighted by molar-refractivity contribution is -0.139. The quantitative estimate of drug-likeness (QED) is 0.496. The number of rotatable bonds is 5. The molecule has 7 nitrogen and oxygen atoms in total. The molecule has 3 fully saturated rings. The van der Waals surface area contributed by atoms with E-state index in [0.717, 1.165) is 87.2 Å². The summed E-state index contributed by atoms with van der Waals surface area (Å²) in [5.41, 5.74) is 4.28. The highest BCUT2D eigenvalue weighted by Crippen LogP contribution is 2.29. The lowest BCUT2D eigenvalue weighted by atomic mass is 9.86. The van der Waals surface area contributed by atoms with Crippen LogP contribution in [-0.4, -0.2) is 88.0 Å². The van der Waals surface area contributed by atoms with Crippen molar-refractivity contribution in [3.8, 4) is 22.5 Å². The number of nitrogens with zero attached hydrogens (tertiary/aromatic N) is 4. The van der Waals surface area contributed by atoms with Crippen molar-refractivity contribution in [1.82, 2.24) is 19.7 Å². The van der Waals surface area contributed by atoms with E-state index in [-0.39, 0.29) is 23.8 Å². The van der Waals surface area contributed by atoms with Gasteiger partial charge in [0.15, 0.2) is 0 Å². The minimum absolute atomic E-state index is 0.0550. The summed E-state index contributed by atoms with van der Waals surface area (Å²) in [5, 5.41) is 9.78. The van der Waals surface area contributed by atoms with Crippen molar-refractivity contribution in [2.45, 2.75) is 50.7 Å². The zero-order valence-electron chi connectivity index (χ0n) is 23.7. The van der Waals surface area contributed by atoms with Crippen LogP contribution in [0.2, 0.25) is 0 Å². The van der Waals surface area contributed by atoms with Crippen LogP contribution in [0.1, 0.15) is 48.9 Å². The largest absolute Gasteiger partial charge is 0.393 e. The molecular formula is C34H40N4O3. The number of hydrogen-bond donors (Lipinski definition) is 1. The first kappa shape index (κ1) is 27.6. The third-order valence-electron chi connectivity index (χ3n) is 9.15. The second-order valence-electron chi connectivity index (χ2n) is 11.7. The molecule has 2 amide bonds. The van der Waals surface area contributed by atoms with Crippen LogP contribution in [0.5, 0.6) is 0 Å². The van der Waals surface area contributed by atoms with Crippen LogP contribution in [0.15, 0.2) is 72.8 Å². The predicted octanol–water partition coefficient (Wildman–Crippen LogP) is 4.72. The number of carbonyl (C=O) groups is 2. The molecule has 2 aliphatic heterocycles. The normalized spacial score (nSPS) is 22.5. The zero-order chi connectivity index (χ0) is 28.2. The summed E-state index contributed by atoms with van der Waals surface area (Å²) in [6, 6.07) is 24.4. The van der Waals surface area contributed by atoms with E-state index >= 15 is 0 Å². The third-order valence-corrected chi connectivity index (χ3v) is 9.15. The molecule has 1 aromatic heterocycles. The van der Waals surface area contributed by atoms with Gasteiger partial charge in [0.1, 0.15) is 0 Å². The average Bonchev–Trinajstić information content (AvgIpc) is 3.05. The number of carbonyl (C=O) groups excluding carboxylic acids is 2. The molecule has 6 rings (SSSR count). The molecule has 41 heavy (non-hydrogen) atoms. The Bertz CT molecular complexity index is 1270. The first-order valence-electron chi connectivity index (χ1n) is 15.2. The highest BCUT2D eigenvalue weighted by Gasteiger charge is 2.34. The van der Waals surface area contributed by atoms with Crippen molar-refractivity contribution in [3.05, 3.63) is 78.4 Å². The molecule has 1 N–H and O–H groups in total. The third kappa shape index (κ3) is 6.36. The number of aliphatic hydroxyl groups excluding tert-OH is 1. The van der Waals surface area contributed by atoms with Gasteiger partial charge in [0.2, 0.25) is 5.91 Å². The van der Waals surface area contributed by atoms with Crippen LogP contribution in [0, 0.1) is 5.92 Å². The SMILES string of the molecule is O=C(c1cc(-c2ccccc2)nc(-c2ccccc2)c1)N1CCN(C2CCN(C(=O)C3CCC(O)CC3)CC2)CC1. The first-order valence-corrected chi connectivity index (χ1v) is 15.2. The van der Waals surface area contributed by atoms with Gasteiger partial charge in [0.25, 0.3) is 5.91 Å². The van der Waals surface area contributed by atoms with E-state index in [1.165, 1.54) is 0 Å². The Hall–Kier alpha value is -3.55.